The molecule has 0 aliphatic heterocycles. The molecule has 0 amide bonds. The Balaban J connectivity index is 2.77. The van der Waals surface area contributed by atoms with Crippen LogP contribution in [0.15, 0.2) is 30.5 Å². The number of pyridine rings is 1. The summed E-state index contributed by atoms with van der Waals surface area (Å²) in [5, 5.41) is 11.7. The van der Waals surface area contributed by atoms with E-state index in [-0.39, 0.29) is 0 Å². The average molecular weight is 187 g/mol. The van der Waals surface area contributed by atoms with Gasteiger partial charge in [0.2, 0.25) is 0 Å². The fourth-order valence-electron chi connectivity index (χ4n) is 1.64. The minimum atomic E-state index is -0.513. The zero-order chi connectivity index (χ0) is 10.1. The highest BCUT2D eigenvalue weighted by Gasteiger charge is 2.07. The number of rotatable bonds is 1. The molecule has 0 bridgehead atoms. The Labute approximate surface area is 83.2 Å². The first-order valence-electron chi connectivity index (χ1n) is 4.72. The molecular weight excluding hydrogens is 174 g/mol. The van der Waals surface area contributed by atoms with Crippen LogP contribution < -0.4 is 0 Å². The fraction of sp³-hybridized carbons (Fsp3) is 0.250. The van der Waals surface area contributed by atoms with Gasteiger partial charge in [-0.25, -0.2) is 0 Å². The Bertz CT molecular complexity index is 463. The molecule has 2 nitrogen and oxygen atoms in total. The molecule has 2 aromatic rings. The summed E-state index contributed by atoms with van der Waals surface area (Å²) in [6.07, 6.45) is 1.22. The van der Waals surface area contributed by atoms with Crippen LogP contribution in [0.1, 0.15) is 24.3 Å². The largest absolute Gasteiger partial charge is 0.387 e. The van der Waals surface area contributed by atoms with Gasteiger partial charge in [-0.2, -0.15) is 0 Å². The number of aliphatic hydroxyl groups excluding tert-OH is 1. The normalized spacial score (nSPS) is 13.1. The summed E-state index contributed by atoms with van der Waals surface area (Å²) in [5.74, 6) is 0. The molecule has 0 saturated carbocycles. The highest BCUT2D eigenvalue weighted by Crippen LogP contribution is 2.22. The van der Waals surface area contributed by atoms with Crippen molar-refractivity contribution >= 4 is 10.8 Å². The van der Waals surface area contributed by atoms with Crippen molar-refractivity contribution in [2.45, 2.75) is 20.0 Å². The number of aliphatic hydroxyl groups is 1. The van der Waals surface area contributed by atoms with Gasteiger partial charge in [0.05, 0.1) is 11.8 Å². The lowest BCUT2D eigenvalue weighted by Crippen LogP contribution is -1.96. The Morgan fingerprint density at radius 3 is 2.79 bits per heavy atom. The van der Waals surface area contributed by atoms with E-state index in [1.807, 2.05) is 13.0 Å². The third-order valence-electron chi connectivity index (χ3n) is 2.35. The lowest BCUT2D eigenvalue weighted by atomic mass is 10.0. The maximum Gasteiger partial charge on any atom is 0.0938 e. The molecule has 0 spiro atoms. The van der Waals surface area contributed by atoms with Gasteiger partial charge >= 0.3 is 0 Å². The third kappa shape index (κ3) is 1.49. The van der Waals surface area contributed by atoms with Crippen LogP contribution in [0.25, 0.3) is 10.8 Å². The van der Waals surface area contributed by atoms with Crippen molar-refractivity contribution in [1.29, 1.82) is 0 Å². The van der Waals surface area contributed by atoms with Crippen LogP contribution in [0.2, 0.25) is 0 Å². The molecule has 1 heterocycles. The summed E-state index contributed by atoms with van der Waals surface area (Å²) in [6.45, 7) is 3.78. The first-order valence-corrected chi connectivity index (χ1v) is 4.72. The Kier molecular flexibility index (Phi) is 2.22. The lowest BCUT2D eigenvalue weighted by Gasteiger charge is -2.08. The van der Waals surface area contributed by atoms with Gasteiger partial charge in [0.25, 0.3) is 0 Å². The van der Waals surface area contributed by atoms with Crippen LogP contribution in [0.4, 0.5) is 0 Å². The summed E-state index contributed by atoms with van der Waals surface area (Å²) < 4.78 is 0. The molecule has 14 heavy (non-hydrogen) atoms. The molecule has 72 valence electrons. The molecule has 2 rings (SSSR count). The zero-order valence-corrected chi connectivity index (χ0v) is 8.36. The monoisotopic (exact) mass is 187 g/mol. The topological polar surface area (TPSA) is 33.1 Å². The number of hydrogen-bond acceptors (Lipinski definition) is 2. The maximum atomic E-state index is 9.55. The van der Waals surface area contributed by atoms with Crippen LogP contribution in [0.3, 0.4) is 0 Å². The Morgan fingerprint density at radius 1 is 1.29 bits per heavy atom. The van der Waals surface area contributed by atoms with Crippen molar-refractivity contribution in [2.75, 3.05) is 0 Å². The van der Waals surface area contributed by atoms with Gasteiger partial charge in [0.15, 0.2) is 0 Å². The van der Waals surface area contributed by atoms with Crippen molar-refractivity contribution in [3.05, 3.63) is 41.7 Å². The standard InChI is InChI=1S/C12H13NO/c1-8-3-4-10-5-6-13-12(9(2)14)11(10)7-8/h3-7,9,14H,1-2H3. The first-order chi connectivity index (χ1) is 6.68. The second-order valence-corrected chi connectivity index (χ2v) is 3.60. The predicted octanol–water partition coefficient (Wildman–Crippen LogP) is 2.60. The van der Waals surface area contributed by atoms with Crippen LogP contribution in [0, 0.1) is 6.92 Å². The molecule has 0 saturated heterocycles. The smallest absolute Gasteiger partial charge is 0.0938 e. The molecule has 1 N–H and O–H groups in total. The quantitative estimate of drug-likeness (QED) is 0.744. The van der Waals surface area contributed by atoms with E-state index in [4.69, 9.17) is 0 Å². The minimum Gasteiger partial charge on any atom is -0.387 e. The minimum absolute atomic E-state index is 0.513. The molecule has 0 aliphatic rings. The third-order valence-corrected chi connectivity index (χ3v) is 2.35. The molecule has 1 unspecified atom stereocenters. The van der Waals surface area contributed by atoms with Crippen molar-refractivity contribution in [1.82, 2.24) is 4.98 Å². The van der Waals surface area contributed by atoms with Crippen LogP contribution in [-0.4, -0.2) is 10.1 Å². The number of fused-ring (bicyclic) bond motifs is 1. The molecule has 1 atom stereocenters. The number of hydrogen-bond donors (Lipinski definition) is 1. The average Bonchev–Trinajstić information content (AvgIpc) is 2.16. The van der Waals surface area contributed by atoms with E-state index in [0.29, 0.717) is 0 Å². The summed E-state index contributed by atoms with van der Waals surface area (Å²) in [7, 11) is 0. The molecular formula is C12H13NO. The van der Waals surface area contributed by atoms with Gasteiger partial charge in [0.1, 0.15) is 0 Å². The van der Waals surface area contributed by atoms with Gasteiger partial charge < -0.3 is 5.11 Å². The zero-order valence-electron chi connectivity index (χ0n) is 8.36. The van der Waals surface area contributed by atoms with Crippen LogP contribution in [0.5, 0.6) is 0 Å². The summed E-state index contributed by atoms with van der Waals surface area (Å²) in [5.41, 5.74) is 1.94. The van der Waals surface area contributed by atoms with Crippen LogP contribution in [-0.2, 0) is 0 Å². The number of nitrogens with zero attached hydrogens (tertiary/aromatic N) is 1. The molecule has 1 aromatic heterocycles. The van der Waals surface area contributed by atoms with E-state index in [0.717, 1.165) is 16.5 Å². The highest BCUT2D eigenvalue weighted by molar-refractivity contribution is 5.85. The van der Waals surface area contributed by atoms with Crippen molar-refractivity contribution in [2.24, 2.45) is 0 Å². The number of aryl methyl sites for hydroxylation is 1. The van der Waals surface area contributed by atoms with Gasteiger partial charge in [-0.3, -0.25) is 4.98 Å². The predicted molar refractivity (Wildman–Crippen MR) is 57.1 cm³/mol. The Morgan fingerprint density at radius 2 is 2.07 bits per heavy atom. The van der Waals surface area contributed by atoms with Crippen molar-refractivity contribution in [3.8, 4) is 0 Å². The fourth-order valence-corrected chi connectivity index (χ4v) is 1.64. The molecule has 1 aromatic carbocycles. The van der Waals surface area contributed by atoms with E-state index in [9.17, 15) is 5.11 Å². The summed E-state index contributed by atoms with van der Waals surface area (Å²) in [4.78, 5) is 4.20. The van der Waals surface area contributed by atoms with Gasteiger partial charge in [-0.1, -0.05) is 17.7 Å². The lowest BCUT2D eigenvalue weighted by molar-refractivity contribution is 0.196. The number of benzene rings is 1. The van der Waals surface area contributed by atoms with E-state index in [1.54, 1.807) is 13.1 Å². The summed E-state index contributed by atoms with van der Waals surface area (Å²) >= 11 is 0. The first kappa shape index (κ1) is 9.16. The van der Waals surface area contributed by atoms with E-state index >= 15 is 0 Å². The highest BCUT2D eigenvalue weighted by atomic mass is 16.3. The van der Waals surface area contributed by atoms with E-state index in [1.165, 1.54) is 5.56 Å². The molecule has 2 heteroatoms. The second kappa shape index (κ2) is 3.39. The van der Waals surface area contributed by atoms with Gasteiger partial charge in [-0.15, -0.1) is 0 Å². The SMILES string of the molecule is Cc1ccc2ccnc(C(C)O)c2c1. The van der Waals surface area contributed by atoms with Crippen molar-refractivity contribution < 1.29 is 5.11 Å². The van der Waals surface area contributed by atoms with E-state index in [2.05, 4.69) is 23.2 Å². The number of aromatic nitrogens is 1. The van der Waals surface area contributed by atoms with Crippen LogP contribution >= 0.6 is 0 Å². The molecule has 0 radical (unpaired) electrons. The second-order valence-electron chi connectivity index (χ2n) is 3.60. The maximum absolute atomic E-state index is 9.55. The van der Waals surface area contributed by atoms with Crippen molar-refractivity contribution in [3.63, 3.8) is 0 Å². The molecule has 0 fully saturated rings. The van der Waals surface area contributed by atoms with Gasteiger partial charge in [-0.05, 0) is 31.4 Å². The Hall–Kier alpha value is -1.41. The molecule has 0 aliphatic carbocycles. The van der Waals surface area contributed by atoms with E-state index < -0.39 is 6.10 Å². The van der Waals surface area contributed by atoms with Gasteiger partial charge in [0, 0.05) is 11.6 Å². The summed E-state index contributed by atoms with van der Waals surface area (Å²) in [6, 6.07) is 8.14.